The molecule has 0 amide bonds. The Morgan fingerprint density at radius 1 is 1.23 bits per heavy atom. The minimum Gasteiger partial charge on any atom is -0.314 e. The van der Waals surface area contributed by atoms with Crippen LogP contribution in [0.2, 0.25) is 0 Å². The van der Waals surface area contributed by atoms with Crippen LogP contribution < -0.4 is 5.32 Å². The second-order valence-corrected chi connectivity index (χ2v) is 4.83. The fourth-order valence-corrected chi connectivity index (χ4v) is 2.12. The van der Waals surface area contributed by atoms with E-state index in [-0.39, 0.29) is 0 Å². The molecule has 1 saturated heterocycles. The Kier molecular flexibility index (Phi) is 5.45. The standard InChI is InChI=1S/C12H25N/c1-11(2)7-6-9-12-8-4-3-5-10-13-12/h11-13H,3-10H2,1-2H3. The third-order valence-electron chi connectivity index (χ3n) is 3.00. The largest absolute Gasteiger partial charge is 0.314 e. The predicted octanol–water partition coefficient (Wildman–Crippen LogP) is 3.34. The Morgan fingerprint density at radius 3 is 2.85 bits per heavy atom. The van der Waals surface area contributed by atoms with Gasteiger partial charge in [-0.25, -0.2) is 0 Å². The average Bonchev–Trinajstić information content (AvgIpc) is 2.32. The lowest BCUT2D eigenvalue weighted by Crippen LogP contribution is -2.27. The van der Waals surface area contributed by atoms with Crippen LogP contribution in [0.1, 0.15) is 58.8 Å². The van der Waals surface area contributed by atoms with Crippen molar-refractivity contribution in [3.8, 4) is 0 Å². The second-order valence-electron chi connectivity index (χ2n) is 4.83. The first kappa shape index (κ1) is 11.0. The van der Waals surface area contributed by atoms with Gasteiger partial charge in [-0.05, 0) is 31.7 Å². The SMILES string of the molecule is CC(C)CCCC1CCCCCN1. The van der Waals surface area contributed by atoms with Gasteiger partial charge in [-0.1, -0.05) is 39.5 Å². The minimum atomic E-state index is 0.834. The smallest absolute Gasteiger partial charge is 0.00670 e. The van der Waals surface area contributed by atoms with Crippen molar-refractivity contribution in [1.82, 2.24) is 5.32 Å². The van der Waals surface area contributed by atoms with Crippen LogP contribution in [0.25, 0.3) is 0 Å². The van der Waals surface area contributed by atoms with Gasteiger partial charge in [0.05, 0.1) is 0 Å². The summed E-state index contributed by atoms with van der Waals surface area (Å²) in [4.78, 5) is 0. The van der Waals surface area contributed by atoms with E-state index in [4.69, 9.17) is 0 Å². The molecule has 1 N–H and O–H groups in total. The quantitative estimate of drug-likeness (QED) is 0.705. The first-order valence-electron chi connectivity index (χ1n) is 6.02. The second kappa shape index (κ2) is 6.42. The molecule has 1 unspecified atom stereocenters. The monoisotopic (exact) mass is 183 g/mol. The summed E-state index contributed by atoms with van der Waals surface area (Å²) >= 11 is 0. The van der Waals surface area contributed by atoms with Crippen LogP contribution in [0.3, 0.4) is 0 Å². The molecule has 78 valence electrons. The molecular weight excluding hydrogens is 158 g/mol. The first-order valence-corrected chi connectivity index (χ1v) is 6.02. The third kappa shape index (κ3) is 5.30. The van der Waals surface area contributed by atoms with E-state index in [2.05, 4.69) is 19.2 Å². The van der Waals surface area contributed by atoms with Crippen LogP contribution >= 0.6 is 0 Å². The molecule has 0 aromatic rings. The van der Waals surface area contributed by atoms with Crippen molar-refractivity contribution in [1.29, 1.82) is 0 Å². The molecule has 0 spiro atoms. The Morgan fingerprint density at radius 2 is 2.08 bits per heavy atom. The molecule has 0 saturated carbocycles. The van der Waals surface area contributed by atoms with E-state index in [1.807, 2.05) is 0 Å². The zero-order valence-corrected chi connectivity index (χ0v) is 9.31. The summed E-state index contributed by atoms with van der Waals surface area (Å²) in [7, 11) is 0. The molecule has 1 aliphatic rings. The van der Waals surface area contributed by atoms with Crippen molar-refractivity contribution in [2.45, 2.75) is 64.8 Å². The fraction of sp³-hybridized carbons (Fsp3) is 1.00. The molecule has 1 heterocycles. The van der Waals surface area contributed by atoms with E-state index < -0.39 is 0 Å². The van der Waals surface area contributed by atoms with Crippen LogP contribution in [0.4, 0.5) is 0 Å². The van der Waals surface area contributed by atoms with Crippen molar-refractivity contribution >= 4 is 0 Å². The van der Waals surface area contributed by atoms with E-state index in [9.17, 15) is 0 Å². The Hall–Kier alpha value is -0.0400. The predicted molar refractivity (Wildman–Crippen MR) is 58.9 cm³/mol. The summed E-state index contributed by atoms with van der Waals surface area (Å²) < 4.78 is 0. The molecule has 0 aromatic heterocycles. The van der Waals surface area contributed by atoms with Crippen LogP contribution in [-0.4, -0.2) is 12.6 Å². The van der Waals surface area contributed by atoms with Crippen molar-refractivity contribution in [3.05, 3.63) is 0 Å². The molecule has 0 aromatic carbocycles. The normalized spacial score (nSPS) is 24.7. The highest BCUT2D eigenvalue weighted by Crippen LogP contribution is 2.15. The van der Waals surface area contributed by atoms with Gasteiger partial charge in [0.1, 0.15) is 0 Å². The lowest BCUT2D eigenvalue weighted by atomic mass is 10.0. The summed E-state index contributed by atoms with van der Waals surface area (Å²) in [6.45, 7) is 5.90. The van der Waals surface area contributed by atoms with Gasteiger partial charge >= 0.3 is 0 Å². The Labute approximate surface area is 83.3 Å². The highest BCUT2D eigenvalue weighted by Gasteiger charge is 2.10. The third-order valence-corrected chi connectivity index (χ3v) is 3.00. The minimum absolute atomic E-state index is 0.834. The van der Waals surface area contributed by atoms with E-state index in [0.29, 0.717) is 0 Å². The Balaban J connectivity index is 2.05. The summed E-state index contributed by atoms with van der Waals surface area (Å²) in [5.74, 6) is 0.880. The van der Waals surface area contributed by atoms with Gasteiger partial charge in [0, 0.05) is 6.04 Å². The fourth-order valence-electron chi connectivity index (χ4n) is 2.12. The maximum absolute atomic E-state index is 3.66. The molecule has 1 fully saturated rings. The van der Waals surface area contributed by atoms with Gasteiger partial charge in [0.25, 0.3) is 0 Å². The number of hydrogen-bond donors (Lipinski definition) is 1. The maximum Gasteiger partial charge on any atom is 0.00670 e. The topological polar surface area (TPSA) is 12.0 Å². The van der Waals surface area contributed by atoms with Crippen LogP contribution in [0, 0.1) is 5.92 Å². The zero-order chi connectivity index (χ0) is 9.52. The number of rotatable bonds is 4. The van der Waals surface area contributed by atoms with Gasteiger partial charge in [-0.15, -0.1) is 0 Å². The molecule has 1 atom stereocenters. The highest BCUT2D eigenvalue weighted by molar-refractivity contribution is 4.70. The molecule has 1 nitrogen and oxygen atoms in total. The van der Waals surface area contributed by atoms with Gasteiger partial charge in [0.2, 0.25) is 0 Å². The van der Waals surface area contributed by atoms with E-state index in [1.54, 1.807) is 0 Å². The van der Waals surface area contributed by atoms with Gasteiger partial charge < -0.3 is 5.32 Å². The average molecular weight is 183 g/mol. The summed E-state index contributed by atoms with van der Waals surface area (Å²) in [5, 5.41) is 3.66. The molecule has 0 bridgehead atoms. The summed E-state index contributed by atoms with van der Waals surface area (Å²) in [5.41, 5.74) is 0. The molecule has 0 radical (unpaired) electrons. The summed E-state index contributed by atoms with van der Waals surface area (Å²) in [6.07, 6.45) is 9.90. The van der Waals surface area contributed by atoms with Gasteiger partial charge in [0.15, 0.2) is 0 Å². The Bertz CT molecular complexity index is 112. The van der Waals surface area contributed by atoms with Crippen molar-refractivity contribution in [2.24, 2.45) is 5.92 Å². The van der Waals surface area contributed by atoms with E-state index >= 15 is 0 Å². The van der Waals surface area contributed by atoms with Crippen molar-refractivity contribution < 1.29 is 0 Å². The van der Waals surface area contributed by atoms with Crippen LogP contribution in [0.5, 0.6) is 0 Å². The zero-order valence-electron chi connectivity index (χ0n) is 9.31. The van der Waals surface area contributed by atoms with Crippen LogP contribution in [-0.2, 0) is 0 Å². The molecule has 0 aliphatic carbocycles. The maximum atomic E-state index is 3.66. The molecule has 1 heteroatoms. The van der Waals surface area contributed by atoms with E-state index in [0.717, 1.165) is 12.0 Å². The molecule has 1 rings (SSSR count). The van der Waals surface area contributed by atoms with Crippen LogP contribution in [0.15, 0.2) is 0 Å². The highest BCUT2D eigenvalue weighted by atomic mass is 14.9. The van der Waals surface area contributed by atoms with Gasteiger partial charge in [-0.2, -0.15) is 0 Å². The van der Waals surface area contributed by atoms with Gasteiger partial charge in [-0.3, -0.25) is 0 Å². The molecule has 13 heavy (non-hydrogen) atoms. The molecular formula is C12H25N. The van der Waals surface area contributed by atoms with Crippen molar-refractivity contribution in [3.63, 3.8) is 0 Å². The number of hydrogen-bond acceptors (Lipinski definition) is 1. The lowest BCUT2D eigenvalue weighted by molar-refractivity contribution is 0.433. The number of nitrogens with one attached hydrogen (secondary N) is 1. The van der Waals surface area contributed by atoms with Crippen molar-refractivity contribution in [2.75, 3.05) is 6.54 Å². The first-order chi connectivity index (χ1) is 6.29. The lowest BCUT2D eigenvalue weighted by Gasteiger charge is -2.15. The van der Waals surface area contributed by atoms with E-state index in [1.165, 1.54) is 51.5 Å². The molecule has 1 aliphatic heterocycles. The summed E-state index contributed by atoms with van der Waals surface area (Å²) in [6, 6.07) is 0.834.